The molecule has 3 aliphatic heterocycles. The number of carbonyl (C=O) groups excluding carboxylic acids is 1. The van der Waals surface area contributed by atoms with E-state index in [1.54, 1.807) is 9.80 Å². The summed E-state index contributed by atoms with van der Waals surface area (Å²) in [7, 11) is 0. The molecule has 1 spiro atoms. The number of rotatable bonds is 6. The van der Waals surface area contributed by atoms with E-state index in [4.69, 9.17) is 17.0 Å². The van der Waals surface area contributed by atoms with Crippen molar-refractivity contribution in [3.8, 4) is 17.1 Å². The summed E-state index contributed by atoms with van der Waals surface area (Å²) < 4.78 is 97.7. The summed E-state index contributed by atoms with van der Waals surface area (Å²) in [5, 5.41) is -0.593. The molecule has 4 aliphatic rings. The van der Waals surface area contributed by atoms with Crippen molar-refractivity contribution in [1.29, 1.82) is 0 Å². The number of thiophene rings is 1. The predicted octanol–water partition coefficient (Wildman–Crippen LogP) is 7.26. The minimum atomic E-state index is -5.11. The first-order valence-corrected chi connectivity index (χ1v) is 17.3. The maximum atomic E-state index is 17.1. The highest BCUT2D eigenvalue weighted by molar-refractivity contribution is 7.23. The lowest BCUT2D eigenvalue weighted by molar-refractivity contribution is -0.137. The highest BCUT2D eigenvalue weighted by Crippen LogP contribution is 2.51. The van der Waals surface area contributed by atoms with Gasteiger partial charge in [-0.2, -0.15) is 23.1 Å². The Kier molecular flexibility index (Phi) is 7.69. The van der Waals surface area contributed by atoms with Gasteiger partial charge in [0.25, 0.3) is 0 Å². The number of piperazine rings is 1. The highest BCUT2D eigenvalue weighted by atomic mass is 32.1. The van der Waals surface area contributed by atoms with Gasteiger partial charge in [-0.15, -0.1) is 11.3 Å². The van der Waals surface area contributed by atoms with Crippen LogP contribution in [0.2, 0.25) is 0 Å². The van der Waals surface area contributed by atoms with Gasteiger partial charge in [0.2, 0.25) is 11.6 Å². The number of hydrogen-bond donors (Lipinski definition) is 1. The summed E-state index contributed by atoms with van der Waals surface area (Å²) in [6.45, 7) is 12.8. The number of halogens is 6. The van der Waals surface area contributed by atoms with E-state index >= 15 is 17.6 Å². The zero-order valence-electron chi connectivity index (χ0n) is 27.1. The fourth-order valence-electron chi connectivity index (χ4n) is 8.31. The Morgan fingerprint density at radius 2 is 1.98 bits per heavy atom. The molecule has 2 aromatic carbocycles. The molecule has 8 rings (SSSR count). The van der Waals surface area contributed by atoms with Crippen LogP contribution in [0.3, 0.4) is 0 Å². The third kappa shape index (κ3) is 5.26. The summed E-state index contributed by atoms with van der Waals surface area (Å²) in [6.07, 6.45) is -1.91. The quantitative estimate of drug-likeness (QED) is 0.127. The van der Waals surface area contributed by atoms with Gasteiger partial charge in [0.15, 0.2) is 5.82 Å². The van der Waals surface area contributed by atoms with Crippen molar-refractivity contribution >= 4 is 54.7 Å². The Hall–Kier alpha value is -4.62. The zero-order chi connectivity index (χ0) is 36.0. The maximum Gasteiger partial charge on any atom is 0.417 e. The van der Waals surface area contributed by atoms with Gasteiger partial charge in [0.1, 0.15) is 29.9 Å². The van der Waals surface area contributed by atoms with Crippen LogP contribution in [0, 0.1) is 18.2 Å². The lowest BCUT2D eigenvalue weighted by atomic mass is 9.93. The second-order valence-electron chi connectivity index (χ2n) is 13.8. The Balaban J connectivity index is 1.33. The van der Waals surface area contributed by atoms with Crippen LogP contribution in [0.15, 0.2) is 30.9 Å². The Labute approximate surface area is 292 Å². The van der Waals surface area contributed by atoms with Crippen LogP contribution in [0.25, 0.3) is 37.0 Å². The van der Waals surface area contributed by atoms with E-state index in [9.17, 15) is 13.6 Å². The topological polar surface area (TPSA) is 92.2 Å². The SMILES string of the molecule is [C-]#[N+]c1c(N)sc2c(F)ccc(-c3c(C(F)(F)F)cc4c(N5CCN(C(=O)C=C)C6(CC6)C5)nc(OC[C@@]56CCCN5C[C@H](F)C6)nc4c3F)c12. The molecule has 1 aliphatic carbocycles. The monoisotopic (exact) mass is 727 g/mol. The number of nitrogen functional groups attached to an aromatic ring is 1. The molecule has 3 saturated heterocycles. The highest BCUT2D eigenvalue weighted by Gasteiger charge is 2.53. The lowest BCUT2D eigenvalue weighted by Gasteiger charge is -2.42. The number of alkyl halides is 4. The Morgan fingerprint density at radius 1 is 1.20 bits per heavy atom. The molecule has 0 bridgehead atoms. The molecule has 1 amide bonds. The van der Waals surface area contributed by atoms with Gasteiger partial charge in [-0.1, -0.05) is 12.6 Å². The number of nitrogens with two attached hydrogens (primary N) is 1. The number of ether oxygens (including phenoxy) is 1. The lowest BCUT2D eigenvalue weighted by Crippen LogP contribution is -2.57. The van der Waals surface area contributed by atoms with E-state index in [0.717, 1.165) is 24.6 Å². The van der Waals surface area contributed by atoms with Crippen molar-refractivity contribution in [3.05, 3.63) is 59.5 Å². The van der Waals surface area contributed by atoms with Gasteiger partial charge in [0, 0.05) is 48.9 Å². The van der Waals surface area contributed by atoms with Gasteiger partial charge in [-0.3, -0.25) is 9.69 Å². The van der Waals surface area contributed by atoms with Crippen LogP contribution in [0.1, 0.15) is 37.7 Å². The molecule has 51 heavy (non-hydrogen) atoms. The van der Waals surface area contributed by atoms with Crippen LogP contribution in [-0.4, -0.2) is 82.3 Å². The van der Waals surface area contributed by atoms with E-state index in [0.29, 0.717) is 37.1 Å². The standard InChI is InChI=1S/C35H31F6N7O2S/c1-3-23(49)48-12-11-46(16-33(48)8-9-33)31-20-13-21(35(39,40)41)24(19-5-6-22(37)29-25(19)28(43-2)30(42)51-29)26(38)27(20)44-32(45-31)50-17-34-7-4-10-47(34)15-18(36)14-34/h3,5-6,13,18H,1,4,7-12,14-17,42H2/t18-,34+/m1/s1. The molecule has 0 radical (unpaired) electrons. The number of benzene rings is 2. The van der Waals surface area contributed by atoms with Crippen molar-refractivity contribution in [2.75, 3.05) is 50.0 Å². The number of hydrogen-bond acceptors (Lipinski definition) is 8. The molecule has 2 N–H and O–H groups in total. The zero-order valence-corrected chi connectivity index (χ0v) is 27.9. The average Bonchev–Trinajstić information content (AvgIpc) is 3.43. The van der Waals surface area contributed by atoms with E-state index in [1.807, 2.05) is 4.90 Å². The Bertz CT molecular complexity index is 2180. The molecule has 2 atom stereocenters. The summed E-state index contributed by atoms with van der Waals surface area (Å²) in [5.74, 6) is -2.46. The number of aromatic nitrogens is 2. The van der Waals surface area contributed by atoms with E-state index in [1.165, 1.54) is 6.08 Å². The smallest absolute Gasteiger partial charge is 0.417 e. The van der Waals surface area contributed by atoms with Crippen LogP contribution < -0.4 is 15.4 Å². The Morgan fingerprint density at radius 3 is 2.69 bits per heavy atom. The fourth-order valence-corrected chi connectivity index (χ4v) is 9.25. The van der Waals surface area contributed by atoms with Crippen molar-refractivity contribution in [2.45, 2.75) is 55.5 Å². The second-order valence-corrected chi connectivity index (χ2v) is 14.8. The van der Waals surface area contributed by atoms with Gasteiger partial charge in [-0.05, 0) is 56.0 Å². The van der Waals surface area contributed by atoms with Crippen LogP contribution in [0.5, 0.6) is 6.01 Å². The maximum absolute atomic E-state index is 17.1. The third-order valence-corrected chi connectivity index (χ3v) is 11.8. The number of amides is 1. The first-order valence-electron chi connectivity index (χ1n) is 16.5. The first-order chi connectivity index (χ1) is 24.3. The summed E-state index contributed by atoms with van der Waals surface area (Å²) in [6, 6.07) is 2.39. The van der Waals surface area contributed by atoms with Crippen molar-refractivity contribution in [1.82, 2.24) is 19.8 Å². The number of carbonyl (C=O) groups is 1. The minimum absolute atomic E-state index is 0.00984. The molecule has 16 heteroatoms. The molecule has 5 heterocycles. The molecule has 4 fully saturated rings. The van der Waals surface area contributed by atoms with Gasteiger partial charge >= 0.3 is 12.2 Å². The van der Waals surface area contributed by atoms with Crippen molar-refractivity contribution in [2.24, 2.45) is 0 Å². The van der Waals surface area contributed by atoms with Gasteiger partial charge in [-0.25, -0.2) is 18.0 Å². The number of nitrogens with zero attached hydrogens (tertiary/aromatic N) is 6. The largest absolute Gasteiger partial charge is 0.461 e. The number of anilines is 2. The molecule has 266 valence electrons. The second kappa shape index (κ2) is 11.7. The van der Waals surface area contributed by atoms with E-state index < -0.39 is 51.7 Å². The molecule has 9 nitrogen and oxygen atoms in total. The van der Waals surface area contributed by atoms with E-state index in [2.05, 4.69) is 21.4 Å². The van der Waals surface area contributed by atoms with Crippen molar-refractivity contribution in [3.63, 3.8) is 0 Å². The van der Waals surface area contributed by atoms with Crippen LogP contribution in [-0.2, 0) is 11.0 Å². The van der Waals surface area contributed by atoms with E-state index in [-0.39, 0.29) is 88.7 Å². The summed E-state index contributed by atoms with van der Waals surface area (Å²) in [5.41, 5.74) is 1.34. The average molecular weight is 728 g/mol. The summed E-state index contributed by atoms with van der Waals surface area (Å²) >= 11 is 0.689. The third-order valence-electron chi connectivity index (χ3n) is 10.8. The number of fused-ring (bicyclic) bond motifs is 3. The molecule has 0 unspecified atom stereocenters. The molecule has 2 aromatic heterocycles. The molecular formula is C35H31F6N7O2S. The molecular weight excluding hydrogens is 696 g/mol. The van der Waals surface area contributed by atoms with Crippen LogP contribution in [0.4, 0.5) is 42.8 Å². The fraction of sp³-hybridized carbons (Fsp3) is 0.429. The normalized spacial score (nSPS) is 22.9. The minimum Gasteiger partial charge on any atom is -0.461 e. The molecule has 1 saturated carbocycles. The van der Waals surface area contributed by atoms with Gasteiger partial charge in [0.05, 0.1) is 32.9 Å². The predicted molar refractivity (Wildman–Crippen MR) is 181 cm³/mol. The van der Waals surface area contributed by atoms with Crippen molar-refractivity contribution < 1.29 is 35.9 Å². The summed E-state index contributed by atoms with van der Waals surface area (Å²) in [4.78, 5) is 30.4. The first kappa shape index (κ1) is 33.5. The molecule has 4 aromatic rings. The van der Waals surface area contributed by atoms with Crippen LogP contribution >= 0.6 is 11.3 Å². The van der Waals surface area contributed by atoms with Gasteiger partial charge < -0.3 is 20.3 Å².